The van der Waals surface area contributed by atoms with Gasteiger partial charge >= 0.3 is 0 Å². The smallest absolute Gasteiger partial charge is 0.0191 e. The lowest BCUT2D eigenvalue weighted by atomic mass is 10.3. The van der Waals surface area contributed by atoms with Crippen molar-refractivity contribution in [3.8, 4) is 0 Å². The van der Waals surface area contributed by atoms with Crippen LogP contribution in [0.15, 0.2) is 0 Å². The van der Waals surface area contributed by atoms with Crippen molar-refractivity contribution in [2.75, 3.05) is 46.8 Å². The van der Waals surface area contributed by atoms with Crippen LogP contribution in [0.2, 0.25) is 0 Å². The van der Waals surface area contributed by atoms with Crippen molar-refractivity contribution < 1.29 is 0 Å². The van der Waals surface area contributed by atoms with E-state index in [-0.39, 0.29) is 0 Å². The van der Waals surface area contributed by atoms with Gasteiger partial charge in [-0.25, -0.2) is 0 Å². The van der Waals surface area contributed by atoms with Gasteiger partial charge in [0, 0.05) is 12.6 Å². The van der Waals surface area contributed by atoms with Gasteiger partial charge in [-0.3, -0.25) is 0 Å². The fourth-order valence-electron chi connectivity index (χ4n) is 2.05. The van der Waals surface area contributed by atoms with E-state index in [9.17, 15) is 0 Å². The molecular formula is C11H25N3. The first-order chi connectivity index (χ1) is 6.74. The average molecular weight is 199 g/mol. The summed E-state index contributed by atoms with van der Waals surface area (Å²) in [6.07, 6.45) is 2.59. The summed E-state index contributed by atoms with van der Waals surface area (Å²) < 4.78 is 0. The Morgan fingerprint density at radius 2 is 2.14 bits per heavy atom. The van der Waals surface area contributed by atoms with E-state index in [1.54, 1.807) is 0 Å². The summed E-state index contributed by atoms with van der Waals surface area (Å²) in [5.41, 5.74) is 0. The highest BCUT2D eigenvalue weighted by Gasteiger charge is 2.17. The summed E-state index contributed by atoms with van der Waals surface area (Å²) in [5, 5.41) is 3.21. The second kappa shape index (κ2) is 6.38. The molecule has 0 aromatic rings. The van der Waals surface area contributed by atoms with E-state index in [1.165, 1.54) is 39.0 Å². The lowest BCUT2D eigenvalue weighted by Crippen LogP contribution is -2.37. The highest BCUT2D eigenvalue weighted by Crippen LogP contribution is 2.07. The highest BCUT2D eigenvalue weighted by atomic mass is 15.2. The molecule has 0 aliphatic carbocycles. The van der Waals surface area contributed by atoms with Gasteiger partial charge in [0.25, 0.3) is 0 Å². The molecule has 1 aliphatic rings. The van der Waals surface area contributed by atoms with Crippen LogP contribution in [0.1, 0.15) is 19.8 Å². The van der Waals surface area contributed by atoms with Crippen molar-refractivity contribution in [2.24, 2.45) is 0 Å². The standard InChI is InChI=1S/C11H25N3/c1-11-10-14(8-4-6-12-2)9-5-7-13(11)3/h11-12H,4-10H2,1-3H3. The third kappa shape index (κ3) is 3.95. The van der Waals surface area contributed by atoms with Crippen molar-refractivity contribution >= 4 is 0 Å². The predicted molar refractivity (Wildman–Crippen MR) is 61.7 cm³/mol. The van der Waals surface area contributed by atoms with Crippen LogP contribution in [0.3, 0.4) is 0 Å². The second-order valence-corrected chi connectivity index (χ2v) is 4.44. The maximum absolute atomic E-state index is 3.21. The molecule has 0 saturated carbocycles. The second-order valence-electron chi connectivity index (χ2n) is 4.44. The van der Waals surface area contributed by atoms with Gasteiger partial charge in [-0.1, -0.05) is 0 Å². The van der Waals surface area contributed by atoms with Crippen molar-refractivity contribution in [3.05, 3.63) is 0 Å². The van der Waals surface area contributed by atoms with Crippen LogP contribution in [0.4, 0.5) is 0 Å². The summed E-state index contributed by atoms with van der Waals surface area (Å²) in [6, 6.07) is 0.715. The molecule has 0 aromatic heterocycles. The normalized spacial score (nSPS) is 26.4. The SMILES string of the molecule is CNCCCN1CCCN(C)C(C)C1. The minimum Gasteiger partial charge on any atom is -0.320 e. The van der Waals surface area contributed by atoms with Gasteiger partial charge in [0.15, 0.2) is 0 Å². The Morgan fingerprint density at radius 1 is 1.36 bits per heavy atom. The largest absolute Gasteiger partial charge is 0.320 e. The third-order valence-electron chi connectivity index (χ3n) is 3.16. The van der Waals surface area contributed by atoms with Crippen molar-refractivity contribution in [2.45, 2.75) is 25.8 Å². The Morgan fingerprint density at radius 3 is 2.86 bits per heavy atom. The molecule has 1 fully saturated rings. The van der Waals surface area contributed by atoms with Crippen molar-refractivity contribution in [1.29, 1.82) is 0 Å². The first kappa shape index (κ1) is 12.0. The quantitative estimate of drug-likeness (QED) is 0.670. The molecule has 84 valence electrons. The Balaban J connectivity index is 2.24. The summed E-state index contributed by atoms with van der Waals surface area (Å²) >= 11 is 0. The summed E-state index contributed by atoms with van der Waals surface area (Å²) in [7, 11) is 4.26. The lowest BCUT2D eigenvalue weighted by Gasteiger charge is -2.25. The summed E-state index contributed by atoms with van der Waals surface area (Å²) in [6.45, 7) is 8.48. The monoisotopic (exact) mass is 199 g/mol. The van der Waals surface area contributed by atoms with Crippen LogP contribution in [0.25, 0.3) is 0 Å². The molecule has 1 unspecified atom stereocenters. The Hall–Kier alpha value is -0.120. The predicted octanol–water partition coefficient (Wildman–Crippen LogP) is 0.622. The minimum atomic E-state index is 0.715. The van der Waals surface area contributed by atoms with E-state index < -0.39 is 0 Å². The van der Waals surface area contributed by atoms with Gasteiger partial charge in [-0.05, 0) is 60.0 Å². The number of hydrogen-bond donors (Lipinski definition) is 1. The zero-order valence-corrected chi connectivity index (χ0v) is 9.92. The van der Waals surface area contributed by atoms with Gasteiger partial charge in [-0.15, -0.1) is 0 Å². The highest BCUT2D eigenvalue weighted by molar-refractivity contribution is 4.74. The third-order valence-corrected chi connectivity index (χ3v) is 3.16. The molecule has 1 saturated heterocycles. The molecule has 14 heavy (non-hydrogen) atoms. The van der Waals surface area contributed by atoms with Crippen LogP contribution in [-0.4, -0.2) is 62.7 Å². The van der Waals surface area contributed by atoms with E-state index in [1.807, 2.05) is 7.05 Å². The molecule has 0 bridgehead atoms. The molecule has 3 nitrogen and oxygen atoms in total. The zero-order valence-electron chi connectivity index (χ0n) is 9.92. The first-order valence-corrected chi connectivity index (χ1v) is 5.81. The van der Waals surface area contributed by atoms with Crippen molar-refractivity contribution in [3.63, 3.8) is 0 Å². The molecule has 0 spiro atoms. The van der Waals surface area contributed by atoms with E-state index in [0.29, 0.717) is 6.04 Å². The number of likely N-dealkylation sites (N-methyl/N-ethyl adjacent to an activating group) is 1. The molecule has 1 heterocycles. The van der Waals surface area contributed by atoms with Gasteiger partial charge in [0.1, 0.15) is 0 Å². The molecule has 0 amide bonds. The molecule has 3 heteroatoms. The van der Waals surface area contributed by atoms with Crippen LogP contribution < -0.4 is 5.32 Å². The number of hydrogen-bond acceptors (Lipinski definition) is 3. The van der Waals surface area contributed by atoms with Gasteiger partial charge in [-0.2, -0.15) is 0 Å². The minimum absolute atomic E-state index is 0.715. The van der Waals surface area contributed by atoms with Gasteiger partial charge in [0.2, 0.25) is 0 Å². The van der Waals surface area contributed by atoms with Crippen LogP contribution in [-0.2, 0) is 0 Å². The maximum Gasteiger partial charge on any atom is 0.0191 e. The fourth-order valence-corrected chi connectivity index (χ4v) is 2.05. The molecule has 0 aromatic carbocycles. The van der Waals surface area contributed by atoms with E-state index in [0.717, 1.165) is 6.54 Å². The fraction of sp³-hybridized carbons (Fsp3) is 1.00. The molecule has 0 radical (unpaired) electrons. The van der Waals surface area contributed by atoms with E-state index in [4.69, 9.17) is 0 Å². The maximum atomic E-state index is 3.21. The number of nitrogens with one attached hydrogen (secondary N) is 1. The van der Waals surface area contributed by atoms with Crippen LogP contribution >= 0.6 is 0 Å². The number of nitrogens with zero attached hydrogens (tertiary/aromatic N) is 2. The van der Waals surface area contributed by atoms with E-state index >= 15 is 0 Å². The zero-order chi connectivity index (χ0) is 10.4. The van der Waals surface area contributed by atoms with E-state index in [2.05, 4.69) is 29.1 Å². The molecule has 1 rings (SSSR count). The summed E-state index contributed by atoms with van der Waals surface area (Å²) in [5.74, 6) is 0. The molecule has 1 aliphatic heterocycles. The Kier molecular flexibility index (Phi) is 5.45. The Labute approximate surface area is 88.5 Å². The van der Waals surface area contributed by atoms with Crippen LogP contribution in [0.5, 0.6) is 0 Å². The first-order valence-electron chi connectivity index (χ1n) is 5.81. The Bertz CT molecular complexity index is 149. The van der Waals surface area contributed by atoms with Crippen molar-refractivity contribution in [1.82, 2.24) is 15.1 Å². The summed E-state index contributed by atoms with van der Waals surface area (Å²) in [4.78, 5) is 5.07. The molecule has 1 N–H and O–H groups in total. The number of rotatable bonds is 4. The molecule has 1 atom stereocenters. The van der Waals surface area contributed by atoms with Gasteiger partial charge < -0.3 is 15.1 Å². The lowest BCUT2D eigenvalue weighted by molar-refractivity contribution is 0.219. The topological polar surface area (TPSA) is 18.5 Å². The molecular weight excluding hydrogens is 174 g/mol. The van der Waals surface area contributed by atoms with Gasteiger partial charge in [0.05, 0.1) is 0 Å². The van der Waals surface area contributed by atoms with Crippen LogP contribution in [0, 0.1) is 0 Å². The average Bonchev–Trinajstić information content (AvgIpc) is 2.31.